The maximum absolute atomic E-state index is 14.0. The third kappa shape index (κ3) is 3.08. The molecule has 0 aliphatic carbocycles. The van der Waals surface area contributed by atoms with Crippen LogP contribution in [0, 0.1) is 5.82 Å². The summed E-state index contributed by atoms with van der Waals surface area (Å²) in [5.41, 5.74) is 0.649. The summed E-state index contributed by atoms with van der Waals surface area (Å²) in [6.07, 6.45) is 1.28. The van der Waals surface area contributed by atoms with Crippen molar-refractivity contribution in [2.24, 2.45) is 0 Å². The zero-order chi connectivity index (χ0) is 14.7. The van der Waals surface area contributed by atoms with Crippen molar-refractivity contribution in [3.63, 3.8) is 0 Å². The fourth-order valence-corrected chi connectivity index (χ4v) is 3.04. The van der Waals surface area contributed by atoms with Gasteiger partial charge < -0.3 is 9.84 Å². The normalized spacial score (nSPS) is 21.7. The van der Waals surface area contributed by atoms with Crippen LogP contribution in [0.1, 0.15) is 38.3 Å². The Hall–Kier alpha value is -0.840. The highest BCUT2D eigenvalue weighted by atomic mass is 35.5. The molecule has 0 amide bonds. The number of fused-ring (bicyclic) bond motifs is 1. The van der Waals surface area contributed by atoms with Gasteiger partial charge in [0.25, 0.3) is 0 Å². The summed E-state index contributed by atoms with van der Waals surface area (Å²) >= 11 is 5.96. The van der Waals surface area contributed by atoms with E-state index in [1.165, 1.54) is 6.07 Å². The molecule has 0 saturated heterocycles. The number of benzene rings is 1. The summed E-state index contributed by atoms with van der Waals surface area (Å²) in [4.78, 5) is 2.18. The molecule has 1 aliphatic rings. The quantitative estimate of drug-likeness (QED) is 0.905. The molecule has 1 aromatic rings. The van der Waals surface area contributed by atoms with Crippen LogP contribution in [0.25, 0.3) is 0 Å². The molecule has 1 heterocycles. The molecular weight excluding hydrogens is 281 g/mol. The number of ether oxygens (including phenoxy) is 1. The topological polar surface area (TPSA) is 32.7 Å². The standard InChI is InChI=1S/C15H21ClFNO2/c1-3-5-18(6-4-2)14-11-7-10(16)8-12(17)15(11)20-9-13(14)19/h7-8,13-14,19H,3-6,9H2,1-2H3. The minimum atomic E-state index is -0.668. The van der Waals surface area contributed by atoms with Gasteiger partial charge in [-0.25, -0.2) is 4.39 Å². The van der Waals surface area contributed by atoms with E-state index >= 15 is 0 Å². The molecule has 1 aliphatic heterocycles. The highest BCUT2D eigenvalue weighted by molar-refractivity contribution is 6.30. The number of halogens is 2. The van der Waals surface area contributed by atoms with E-state index in [0.29, 0.717) is 10.6 Å². The molecule has 0 spiro atoms. The first kappa shape index (κ1) is 15.5. The molecule has 1 N–H and O–H groups in total. The monoisotopic (exact) mass is 301 g/mol. The molecule has 0 bridgehead atoms. The van der Waals surface area contributed by atoms with Gasteiger partial charge in [0.2, 0.25) is 0 Å². The van der Waals surface area contributed by atoms with Crippen molar-refractivity contribution >= 4 is 11.6 Å². The van der Waals surface area contributed by atoms with Gasteiger partial charge in [-0.05, 0) is 38.1 Å². The van der Waals surface area contributed by atoms with E-state index in [1.54, 1.807) is 6.07 Å². The summed E-state index contributed by atoms with van der Waals surface area (Å²) < 4.78 is 19.3. The van der Waals surface area contributed by atoms with E-state index in [4.69, 9.17) is 16.3 Å². The van der Waals surface area contributed by atoms with Crippen LogP contribution in [-0.2, 0) is 0 Å². The maximum atomic E-state index is 14.0. The van der Waals surface area contributed by atoms with Crippen LogP contribution in [-0.4, -0.2) is 35.8 Å². The molecule has 2 atom stereocenters. The van der Waals surface area contributed by atoms with E-state index < -0.39 is 11.9 Å². The number of nitrogens with zero attached hydrogens (tertiary/aromatic N) is 1. The first-order valence-corrected chi connectivity index (χ1v) is 7.50. The number of aliphatic hydroxyl groups is 1. The lowest BCUT2D eigenvalue weighted by atomic mass is 9.96. The second-order valence-corrected chi connectivity index (χ2v) is 5.60. The van der Waals surface area contributed by atoms with Crippen molar-refractivity contribution in [3.8, 4) is 5.75 Å². The first-order valence-electron chi connectivity index (χ1n) is 7.12. The molecule has 112 valence electrons. The summed E-state index contributed by atoms with van der Waals surface area (Å²) in [6, 6.07) is 2.69. The highest BCUT2D eigenvalue weighted by Crippen LogP contribution is 2.39. The Morgan fingerprint density at radius 1 is 1.35 bits per heavy atom. The minimum absolute atomic E-state index is 0.111. The zero-order valence-electron chi connectivity index (χ0n) is 11.9. The molecule has 1 aromatic carbocycles. The number of hydrogen-bond acceptors (Lipinski definition) is 3. The Kier molecular flexibility index (Phi) is 5.24. The zero-order valence-corrected chi connectivity index (χ0v) is 12.7. The van der Waals surface area contributed by atoms with Gasteiger partial charge in [-0.3, -0.25) is 4.90 Å². The lowest BCUT2D eigenvalue weighted by Gasteiger charge is -2.38. The molecule has 5 heteroatoms. The average Bonchev–Trinajstić information content (AvgIpc) is 2.38. The molecule has 20 heavy (non-hydrogen) atoms. The Bertz CT molecular complexity index is 463. The van der Waals surface area contributed by atoms with Gasteiger partial charge in [0.15, 0.2) is 11.6 Å². The third-order valence-electron chi connectivity index (χ3n) is 3.53. The Morgan fingerprint density at radius 2 is 2.00 bits per heavy atom. The molecular formula is C15H21ClFNO2. The number of rotatable bonds is 5. The second kappa shape index (κ2) is 6.74. The molecule has 0 aromatic heterocycles. The van der Waals surface area contributed by atoms with Crippen LogP contribution in [0.5, 0.6) is 5.75 Å². The van der Waals surface area contributed by atoms with Crippen LogP contribution in [0.3, 0.4) is 0 Å². The van der Waals surface area contributed by atoms with Gasteiger partial charge in [0.05, 0.1) is 6.04 Å². The molecule has 0 radical (unpaired) electrons. The van der Waals surface area contributed by atoms with Gasteiger partial charge in [0.1, 0.15) is 12.7 Å². The van der Waals surface area contributed by atoms with Crippen molar-refractivity contribution in [2.45, 2.75) is 38.8 Å². The van der Waals surface area contributed by atoms with Crippen LogP contribution in [0.2, 0.25) is 5.02 Å². The Balaban J connectivity index is 2.42. The lowest BCUT2D eigenvalue weighted by molar-refractivity contribution is -0.00180. The highest BCUT2D eigenvalue weighted by Gasteiger charge is 2.35. The van der Waals surface area contributed by atoms with E-state index in [2.05, 4.69) is 18.7 Å². The van der Waals surface area contributed by atoms with E-state index in [-0.39, 0.29) is 18.4 Å². The van der Waals surface area contributed by atoms with E-state index in [1.807, 2.05) is 0 Å². The molecule has 0 saturated carbocycles. The van der Waals surface area contributed by atoms with Gasteiger partial charge in [-0.2, -0.15) is 0 Å². The van der Waals surface area contributed by atoms with Crippen LogP contribution >= 0.6 is 11.6 Å². The Morgan fingerprint density at radius 3 is 2.60 bits per heavy atom. The summed E-state index contributed by atoms with van der Waals surface area (Å²) in [5, 5.41) is 10.6. The second-order valence-electron chi connectivity index (χ2n) is 5.17. The summed E-state index contributed by atoms with van der Waals surface area (Å²) in [5.74, 6) is -0.237. The van der Waals surface area contributed by atoms with Crippen LogP contribution < -0.4 is 4.74 Å². The Labute approximate surface area is 124 Å². The van der Waals surface area contributed by atoms with Crippen LogP contribution in [0.4, 0.5) is 4.39 Å². The van der Waals surface area contributed by atoms with Crippen LogP contribution in [0.15, 0.2) is 12.1 Å². The van der Waals surface area contributed by atoms with Crippen molar-refractivity contribution in [1.29, 1.82) is 0 Å². The van der Waals surface area contributed by atoms with E-state index in [0.717, 1.165) is 25.9 Å². The van der Waals surface area contributed by atoms with Gasteiger partial charge >= 0.3 is 0 Å². The van der Waals surface area contributed by atoms with Crippen molar-refractivity contribution < 1.29 is 14.2 Å². The molecule has 2 unspecified atom stereocenters. The number of hydrogen-bond donors (Lipinski definition) is 1. The maximum Gasteiger partial charge on any atom is 0.166 e. The lowest BCUT2D eigenvalue weighted by Crippen LogP contribution is -2.43. The van der Waals surface area contributed by atoms with Crippen molar-refractivity contribution in [1.82, 2.24) is 4.90 Å². The van der Waals surface area contributed by atoms with Gasteiger partial charge in [0, 0.05) is 10.6 Å². The molecule has 0 fully saturated rings. The van der Waals surface area contributed by atoms with Crippen molar-refractivity contribution in [3.05, 3.63) is 28.5 Å². The third-order valence-corrected chi connectivity index (χ3v) is 3.75. The van der Waals surface area contributed by atoms with E-state index in [9.17, 15) is 9.50 Å². The predicted octanol–water partition coefficient (Wildman–Crippen LogP) is 3.40. The largest absolute Gasteiger partial charge is 0.487 e. The van der Waals surface area contributed by atoms with Gasteiger partial charge in [-0.1, -0.05) is 25.4 Å². The number of aliphatic hydroxyl groups excluding tert-OH is 1. The SMILES string of the molecule is CCCN(CCC)C1c2cc(Cl)cc(F)c2OCC1O. The molecule has 2 rings (SSSR count). The smallest absolute Gasteiger partial charge is 0.166 e. The summed E-state index contributed by atoms with van der Waals surface area (Å²) in [6.45, 7) is 5.99. The predicted molar refractivity (Wildman–Crippen MR) is 77.8 cm³/mol. The van der Waals surface area contributed by atoms with Gasteiger partial charge in [-0.15, -0.1) is 0 Å². The minimum Gasteiger partial charge on any atom is -0.487 e. The first-order chi connectivity index (χ1) is 9.58. The molecule has 3 nitrogen and oxygen atoms in total. The van der Waals surface area contributed by atoms with Crippen molar-refractivity contribution in [2.75, 3.05) is 19.7 Å². The average molecular weight is 302 g/mol. The fraction of sp³-hybridized carbons (Fsp3) is 0.600. The summed E-state index contributed by atoms with van der Waals surface area (Å²) in [7, 11) is 0. The fourth-order valence-electron chi connectivity index (χ4n) is 2.82.